The van der Waals surface area contributed by atoms with E-state index in [0.717, 1.165) is 0 Å². The lowest BCUT2D eigenvalue weighted by Crippen LogP contribution is -2.13. The fourth-order valence-corrected chi connectivity index (χ4v) is 1.14. The van der Waals surface area contributed by atoms with E-state index in [1.54, 1.807) is 31.3 Å². The first-order chi connectivity index (χ1) is 7.22. The van der Waals surface area contributed by atoms with Crippen LogP contribution >= 0.6 is 0 Å². The van der Waals surface area contributed by atoms with E-state index in [1.807, 2.05) is 0 Å². The third-order valence-corrected chi connectivity index (χ3v) is 1.75. The summed E-state index contributed by atoms with van der Waals surface area (Å²) >= 11 is 0. The van der Waals surface area contributed by atoms with Gasteiger partial charge in [-0.2, -0.15) is 0 Å². The second-order valence-corrected chi connectivity index (χ2v) is 3.02. The van der Waals surface area contributed by atoms with E-state index in [2.05, 4.69) is 9.72 Å². The van der Waals surface area contributed by atoms with Gasteiger partial charge in [0.15, 0.2) is 0 Å². The molecule has 0 aliphatic heterocycles. The van der Waals surface area contributed by atoms with Crippen LogP contribution < -0.4 is 0 Å². The smallest absolute Gasteiger partial charge is 0.313 e. The number of hydrogen-bond acceptors (Lipinski definition) is 4. The van der Waals surface area contributed by atoms with Crippen molar-refractivity contribution in [3.8, 4) is 0 Å². The zero-order valence-electron chi connectivity index (χ0n) is 8.60. The molecular weight excluding hydrogens is 194 g/mol. The number of carbonyl (C=O) groups is 2. The van der Waals surface area contributed by atoms with Crippen molar-refractivity contribution in [1.29, 1.82) is 0 Å². The van der Waals surface area contributed by atoms with Crippen LogP contribution in [0, 0.1) is 0 Å². The quantitative estimate of drug-likeness (QED) is 0.536. The van der Waals surface area contributed by atoms with Gasteiger partial charge in [-0.05, 0) is 19.1 Å². The molecular formula is C11H13NO3. The van der Waals surface area contributed by atoms with Crippen LogP contribution in [0.5, 0.6) is 0 Å². The van der Waals surface area contributed by atoms with E-state index >= 15 is 0 Å². The second kappa shape index (κ2) is 5.90. The number of ketones is 1. The van der Waals surface area contributed by atoms with Gasteiger partial charge in [0.25, 0.3) is 0 Å². The van der Waals surface area contributed by atoms with Gasteiger partial charge >= 0.3 is 5.97 Å². The first kappa shape index (κ1) is 11.4. The molecule has 1 aromatic rings. The molecule has 1 rings (SSSR count). The number of Topliss-reactive ketones (excluding diaryl/α,β-unsaturated/α-hetero) is 1. The van der Waals surface area contributed by atoms with Crippen LogP contribution in [-0.4, -0.2) is 23.3 Å². The fourth-order valence-electron chi connectivity index (χ4n) is 1.14. The molecule has 0 spiro atoms. The molecule has 0 amide bonds. The Morgan fingerprint density at radius 2 is 2.20 bits per heavy atom. The maximum absolute atomic E-state index is 11.4. The molecule has 4 heteroatoms. The van der Waals surface area contributed by atoms with Crippen LogP contribution in [0.1, 0.15) is 19.0 Å². The van der Waals surface area contributed by atoms with Crippen LogP contribution in [0.2, 0.25) is 0 Å². The zero-order valence-corrected chi connectivity index (χ0v) is 8.60. The Morgan fingerprint density at radius 3 is 2.80 bits per heavy atom. The highest BCUT2D eigenvalue weighted by Crippen LogP contribution is 1.99. The molecule has 0 fully saturated rings. The highest BCUT2D eigenvalue weighted by atomic mass is 16.5. The molecule has 80 valence electrons. The van der Waals surface area contributed by atoms with Gasteiger partial charge in [0.2, 0.25) is 0 Å². The van der Waals surface area contributed by atoms with Crippen LogP contribution in [0.15, 0.2) is 24.4 Å². The summed E-state index contributed by atoms with van der Waals surface area (Å²) in [5.41, 5.74) is 0.673. The Balaban J connectivity index is 2.40. The van der Waals surface area contributed by atoms with Gasteiger partial charge in [0.05, 0.1) is 6.61 Å². The molecule has 0 saturated carbocycles. The average Bonchev–Trinajstić information content (AvgIpc) is 2.19. The lowest BCUT2D eigenvalue weighted by molar-refractivity contribution is -0.145. The summed E-state index contributed by atoms with van der Waals surface area (Å²) in [6.07, 6.45) is 1.62. The zero-order chi connectivity index (χ0) is 11.1. The molecule has 1 heterocycles. The van der Waals surface area contributed by atoms with Gasteiger partial charge in [-0.25, -0.2) is 0 Å². The third kappa shape index (κ3) is 4.35. The van der Waals surface area contributed by atoms with Crippen LogP contribution in [0.4, 0.5) is 0 Å². The highest BCUT2D eigenvalue weighted by Gasteiger charge is 2.10. The van der Waals surface area contributed by atoms with Crippen molar-refractivity contribution in [1.82, 2.24) is 4.98 Å². The van der Waals surface area contributed by atoms with Gasteiger partial charge in [0, 0.05) is 18.3 Å². The fraction of sp³-hybridized carbons (Fsp3) is 0.364. The van der Waals surface area contributed by atoms with Gasteiger partial charge < -0.3 is 4.74 Å². The lowest BCUT2D eigenvalue weighted by Gasteiger charge is -2.00. The molecule has 0 aliphatic rings. The Bertz CT molecular complexity index is 335. The van der Waals surface area contributed by atoms with Gasteiger partial charge in [0.1, 0.15) is 12.2 Å². The average molecular weight is 207 g/mol. The number of carbonyl (C=O) groups excluding carboxylic acids is 2. The number of rotatable bonds is 5. The predicted molar refractivity (Wildman–Crippen MR) is 54.2 cm³/mol. The molecule has 0 N–H and O–H groups in total. The maximum Gasteiger partial charge on any atom is 0.313 e. The van der Waals surface area contributed by atoms with E-state index in [4.69, 9.17) is 0 Å². The Hall–Kier alpha value is -1.71. The molecule has 0 atom stereocenters. The van der Waals surface area contributed by atoms with Crippen molar-refractivity contribution in [2.24, 2.45) is 0 Å². The number of esters is 1. The molecule has 0 radical (unpaired) electrons. The van der Waals surface area contributed by atoms with Crippen LogP contribution in [-0.2, 0) is 20.7 Å². The second-order valence-electron chi connectivity index (χ2n) is 3.02. The number of nitrogens with zero attached hydrogens (tertiary/aromatic N) is 1. The first-order valence-electron chi connectivity index (χ1n) is 4.79. The van der Waals surface area contributed by atoms with Crippen LogP contribution in [0.3, 0.4) is 0 Å². The van der Waals surface area contributed by atoms with Crippen molar-refractivity contribution >= 4 is 11.8 Å². The predicted octanol–water partition coefficient (Wildman–Crippen LogP) is 1.15. The van der Waals surface area contributed by atoms with E-state index in [0.29, 0.717) is 12.3 Å². The Morgan fingerprint density at radius 1 is 1.40 bits per heavy atom. The van der Waals surface area contributed by atoms with Crippen LogP contribution in [0.25, 0.3) is 0 Å². The van der Waals surface area contributed by atoms with Crippen molar-refractivity contribution in [2.75, 3.05) is 6.61 Å². The number of hydrogen-bond donors (Lipinski definition) is 0. The first-order valence-corrected chi connectivity index (χ1v) is 4.79. The molecule has 0 aliphatic carbocycles. The molecule has 0 saturated heterocycles. The minimum Gasteiger partial charge on any atom is -0.466 e. The molecule has 0 aromatic carbocycles. The maximum atomic E-state index is 11.4. The third-order valence-electron chi connectivity index (χ3n) is 1.75. The van der Waals surface area contributed by atoms with E-state index in [9.17, 15) is 9.59 Å². The summed E-state index contributed by atoms with van der Waals surface area (Å²) in [6.45, 7) is 2.01. The van der Waals surface area contributed by atoms with Crippen molar-refractivity contribution in [3.05, 3.63) is 30.1 Å². The lowest BCUT2D eigenvalue weighted by atomic mass is 10.1. The topological polar surface area (TPSA) is 56.3 Å². The summed E-state index contributed by atoms with van der Waals surface area (Å²) in [5, 5.41) is 0. The minimum absolute atomic E-state index is 0.174. The summed E-state index contributed by atoms with van der Waals surface area (Å²) < 4.78 is 4.67. The Kier molecular flexibility index (Phi) is 4.47. The summed E-state index contributed by atoms with van der Waals surface area (Å²) in [5.74, 6) is -0.648. The molecule has 1 aromatic heterocycles. The van der Waals surface area contributed by atoms with E-state index < -0.39 is 5.97 Å². The molecule has 0 unspecified atom stereocenters. The number of aromatic nitrogens is 1. The standard InChI is InChI=1S/C11H13NO3/c1-2-15-11(14)8-10(13)7-9-5-3-4-6-12-9/h3-6H,2,7-8H2,1H3. The molecule has 0 bridgehead atoms. The molecule has 4 nitrogen and oxygen atoms in total. The van der Waals surface area contributed by atoms with E-state index in [-0.39, 0.29) is 18.6 Å². The monoisotopic (exact) mass is 207 g/mol. The van der Waals surface area contributed by atoms with Crippen molar-refractivity contribution in [3.63, 3.8) is 0 Å². The summed E-state index contributed by atoms with van der Waals surface area (Å²) in [7, 11) is 0. The highest BCUT2D eigenvalue weighted by molar-refractivity contribution is 5.96. The largest absolute Gasteiger partial charge is 0.466 e. The number of ether oxygens (including phenoxy) is 1. The Labute approximate surface area is 88.3 Å². The summed E-state index contributed by atoms with van der Waals surface area (Å²) in [6, 6.07) is 5.34. The SMILES string of the molecule is CCOC(=O)CC(=O)Cc1ccccn1. The van der Waals surface area contributed by atoms with E-state index in [1.165, 1.54) is 0 Å². The normalized spacial score (nSPS) is 9.67. The van der Waals surface area contributed by atoms with Crippen molar-refractivity contribution in [2.45, 2.75) is 19.8 Å². The van der Waals surface area contributed by atoms with Gasteiger partial charge in [-0.1, -0.05) is 6.07 Å². The molecule has 15 heavy (non-hydrogen) atoms. The van der Waals surface area contributed by atoms with Crippen molar-refractivity contribution < 1.29 is 14.3 Å². The van der Waals surface area contributed by atoms with Gasteiger partial charge in [-0.3, -0.25) is 14.6 Å². The summed E-state index contributed by atoms with van der Waals surface area (Å²) in [4.78, 5) is 26.3. The number of pyridine rings is 1. The van der Waals surface area contributed by atoms with Gasteiger partial charge in [-0.15, -0.1) is 0 Å². The minimum atomic E-state index is -0.474.